The molecule has 0 spiro atoms. The van der Waals surface area contributed by atoms with E-state index < -0.39 is 12.1 Å². The van der Waals surface area contributed by atoms with Gasteiger partial charge < -0.3 is 15.6 Å². The van der Waals surface area contributed by atoms with E-state index in [0.717, 1.165) is 31.8 Å². The minimum Gasteiger partial charge on any atom is -0.460 e. The lowest BCUT2D eigenvalue weighted by Crippen LogP contribution is -2.43. The maximum atomic E-state index is 10.9. The Hall–Kier alpha value is -0.870. The molecule has 4 heteroatoms. The van der Waals surface area contributed by atoms with Crippen molar-refractivity contribution in [3.8, 4) is 0 Å². The number of aliphatic hydroxyl groups is 1. The summed E-state index contributed by atoms with van der Waals surface area (Å²) < 4.78 is 4.79. The third-order valence-electron chi connectivity index (χ3n) is 2.72. The molecule has 0 aliphatic carbocycles. The van der Waals surface area contributed by atoms with E-state index >= 15 is 0 Å². The van der Waals surface area contributed by atoms with E-state index in [4.69, 9.17) is 10.5 Å². The van der Waals surface area contributed by atoms with Crippen molar-refractivity contribution in [1.29, 1.82) is 0 Å². The van der Waals surface area contributed by atoms with Crippen molar-refractivity contribution in [2.45, 2.75) is 57.6 Å². The Morgan fingerprint density at radius 3 is 2.41 bits per heavy atom. The largest absolute Gasteiger partial charge is 0.460 e. The number of rotatable bonds is 9. The second kappa shape index (κ2) is 8.25. The van der Waals surface area contributed by atoms with Gasteiger partial charge in [-0.1, -0.05) is 33.3 Å². The molecular formula is C13H25NO3. The van der Waals surface area contributed by atoms with Gasteiger partial charge in [0.2, 0.25) is 0 Å². The Morgan fingerprint density at radius 1 is 1.47 bits per heavy atom. The summed E-state index contributed by atoms with van der Waals surface area (Å²) in [5, 5.41) is 9.79. The van der Waals surface area contributed by atoms with Crippen LogP contribution >= 0.6 is 0 Å². The molecule has 0 aromatic rings. The highest BCUT2D eigenvalue weighted by Gasteiger charge is 2.26. The zero-order chi connectivity index (χ0) is 13.3. The summed E-state index contributed by atoms with van der Waals surface area (Å²) in [6.07, 6.45) is 4.54. The smallest absolute Gasteiger partial charge is 0.330 e. The van der Waals surface area contributed by atoms with Crippen LogP contribution in [0.5, 0.6) is 0 Å². The SMILES string of the molecule is C=CC(=O)OCC(O)CC(N)(CCC)CCC. The molecule has 0 saturated heterocycles. The topological polar surface area (TPSA) is 72.5 Å². The van der Waals surface area contributed by atoms with Gasteiger partial charge in [0.25, 0.3) is 0 Å². The Bertz CT molecular complexity index is 235. The summed E-state index contributed by atoms with van der Waals surface area (Å²) in [6.45, 7) is 7.42. The van der Waals surface area contributed by atoms with Gasteiger partial charge >= 0.3 is 5.97 Å². The fourth-order valence-electron chi connectivity index (χ4n) is 2.09. The lowest BCUT2D eigenvalue weighted by atomic mass is 9.84. The first-order valence-electron chi connectivity index (χ1n) is 6.23. The van der Waals surface area contributed by atoms with Crippen molar-refractivity contribution in [2.75, 3.05) is 6.61 Å². The number of carbonyl (C=O) groups excluding carboxylic acids is 1. The summed E-state index contributed by atoms with van der Waals surface area (Å²) in [5.41, 5.74) is 5.88. The van der Waals surface area contributed by atoms with Crippen molar-refractivity contribution in [3.05, 3.63) is 12.7 Å². The van der Waals surface area contributed by atoms with Gasteiger partial charge in [0, 0.05) is 11.6 Å². The summed E-state index contributed by atoms with van der Waals surface area (Å²) in [4.78, 5) is 10.9. The molecule has 0 amide bonds. The average Bonchev–Trinajstić information content (AvgIpc) is 2.26. The van der Waals surface area contributed by atoms with Crippen molar-refractivity contribution in [2.24, 2.45) is 5.73 Å². The molecule has 0 aliphatic rings. The molecule has 17 heavy (non-hydrogen) atoms. The van der Waals surface area contributed by atoms with Crippen LogP contribution in [0, 0.1) is 0 Å². The number of esters is 1. The number of carbonyl (C=O) groups is 1. The predicted molar refractivity (Wildman–Crippen MR) is 68.5 cm³/mol. The van der Waals surface area contributed by atoms with Crippen molar-refractivity contribution in [1.82, 2.24) is 0 Å². The van der Waals surface area contributed by atoms with E-state index in [2.05, 4.69) is 20.4 Å². The minimum absolute atomic E-state index is 0.0166. The fourth-order valence-corrected chi connectivity index (χ4v) is 2.09. The van der Waals surface area contributed by atoms with Gasteiger partial charge in [-0.05, 0) is 19.3 Å². The molecule has 0 saturated carbocycles. The van der Waals surface area contributed by atoms with Gasteiger partial charge in [0.05, 0.1) is 6.10 Å². The third kappa shape index (κ3) is 7.13. The normalized spacial score (nSPS) is 13.2. The van der Waals surface area contributed by atoms with E-state index in [-0.39, 0.29) is 12.1 Å². The van der Waals surface area contributed by atoms with Gasteiger partial charge in [0.1, 0.15) is 6.61 Å². The summed E-state index contributed by atoms with van der Waals surface area (Å²) >= 11 is 0. The first kappa shape index (κ1) is 16.1. The zero-order valence-electron chi connectivity index (χ0n) is 10.9. The van der Waals surface area contributed by atoms with E-state index in [1.807, 2.05) is 0 Å². The minimum atomic E-state index is -0.706. The van der Waals surface area contributed by atoms with Crippen LogP contribution in [0.4, 0.5) is 0 Å². The Balaban J connectivity index is 4.15. The van der Waals surface area contributed by atoms with E-state index in [0.29, 0.717) is 6.42 Å². The second-order valence-corrected chi connectivity index (χ2v) is 4.55. The molecule has 0 aromatic carbocycles. The lowest BCUT2D eigenvalue weighted by Gasteiger charge is -2.31. The molecule has 3 N–H and O–H groups in total. The van der Waals surface area contributed by atoms with Gasteiger partial charge in [-0.25, -0.2) is 4.79 Å². The highest BCUT2D eigenvalue weighted by atomic mass is 16.5. The Morgan fingerprint density at radius 2 is 2.00 bits per heavy atom. The number of aliphatic hydroxyl groups excluding tert-OH is 1. The average molecular weight is 243 g/mol. The van der Waals surface area contributed by atoms with Crippen molar-refractivity contribution in [3.63, 3.8) is 0 Å². The van der Waals surface area contributed by atoms with Crippen LogP contribution in [0.15, 0.2) is 12.7 Å². The highest BCUT2D eigenvalue weighted by molar-refractivity contribution is 5.81. The second-order valence-electron chi connectivity index (χ2n) is 4.55. The van der Waals surface area contributed by atoms with Crippen molar-refractivity contribution >= 4 is 5.97 Å². The maximum absolute atomic E-state index is 10.9. The summed E-state index contributed by atoms with van der Waals surface area (Å²) in [7, 11) is 0. The Kier molecular flexibility index (Phi) is 7.83. The standard InChI is InChI=1S/C13H25NO3/c1-4-7-13(14,8-5-2)9-11(15)10-17-12(16)6-3/h6,11,15H,3-5,7-10,14H2,1-2H3. The van der Waals surface area contributed by atoms with Crippen LogP contribution in [0.2, 0.25) is 0 Å². The quantitative estimate of drug-likeness (QED) is 0.478. The molecule has 0 fully saturated rings. The molecule has 100 valence electrons. The molecular weight excluding hydrogens is 218 g/mol. The number of ether oxygens (including phenoxy) is 1. The molecule has 4 nitrogen and oxygen atoms in total. The third-order valence-corrected chi connectivity index (χ3v) is 2.72. The fraction of sp³-hybridized carbons (Fsp3) is 0.769. The molecule has 0 bridgehead atoms. The van der Waals surface area contributed by atoms with Crippen LogP contribution in [0.3, 0.4) is 0 Å². The van der Waals surface area contributed by atoms with Gasteiger partial charge in [0.15, 0.2) is 0 Å². The van der Waals surface area contributed by atoms with E-state index in [1.54, 1.807) is 0 Å². The zero-order valence-corrected chi connectivity index (χ0v) is 10.9. The molecule has 0 rings (SSSR count). The van der Waals surface area contributed by atoms with Crippen LogP contribution in [-0.2, 0) is 9.53 Å². The molecule has 0 radical (unpaired) electrons. The molecule has 0 heterocycles. The summed E-state index contributed by atoms with van der Waals surface area (Å²) in [5.74, 6) is -0.516. The van der Waals surface area contributed by atoms with E-state index in [9.17, 15) is 9.90 Å². The predicted octanol–water partition coefficient (Wildman–Crippen LogP) is 1.76. The molecule has 1 atom stereocenters. The maximum Gasteiger partial charge on any atom is 0.330 e. The highest BCUT2D eigenvalue weighted by Crippen LogP contribution is 2.22. The molecule has 1 unspecified atom stereocenters. The first-order chi connectivity index (χ1) is 7.97. The molecule has 0 aromatic heterocycles. The van der Waals surface area contributed by atoms with Crippen LogP contribution in [-0.4, -0.2) is 29.3 Å². The summed E-state index contributed by atoms with van der Waals surface area (Å²) in [6, 6.07) is 0. The van der Waals surface area contributed by atoms with Gasteiger partial charge in [-0.2, -0.15) is 0 Å². The van der Waals surface area contributed by atoms with Crippen LogP contribution < -0.4 is 5.73 Å². The number of hydrogen-bond donors (Lipinski definition) is 2. The monoisotopic (exact) mass is 243 g/mol. The number of nitrogens with two attached hydrogens (primary N) is 1. The lowest BCUT2D eigenvalue weighted by molar-refractivity contribution is -0.141. The van der Waals surface area contributed by atoms with E-state index in [1.165, 1.54) is 0 Å². The first-order valence-corrected chi connectivity index (χ1v) is 6.23. The van der Waals surface area contributed by atoms with Crippen LogP contribution in [0.25, 0.3) is 0 Å². The molecule has 0 aliphatic heterocycles. The van der Waals surface area contributed by atoms with Gasteiger partial charge in [-0.15, -0.1) is 0 Å². The number of hydrogen-bond acceptors (Lipinski definition) is 4. The van der Waals surface area contributed by atoms with Crippen LogP contribution in [0.1, 0.15) is 46.0 Å². The Labute approximate surface area is 104 Å². The van der Waals surface area contributed by atoms with Gasteiger partial charge in [-0.3, -0.25) is 0 Å². The van der Waals surface area contributed by atoms with Crippen molar-refractivity contribution < 1.29 is 14.6 Å².